The molecule has 1 heterocycles. The summed E-state index contributed by atoms with van der Waals surface area (Å²) < 4.78 is 27.0. The van der Waals surface area contributed by atoms with Crippen molar-refractivity contribution in [1.82, 2.24) is 5.32 Å². The number of nitro groups is 1. The number of hydrogen-bond acceptors (Lipinski definition) is 6. The minimum Gasteiger partial charge on any atom is -0.395 e. The highest BCUT2D eigenvalue weighted by Crippen LogP contribution is 2.15. The van der Waals surface area contributed by atoms with E-state index in [0.717, 1.165) is 11.6 Å². The molecule has 0 fully saturated rings. The monoisotopic (exact) mass is 339 g/mol. The molecule has 1 amide bonds. The molecule has 0 unspecified atom stereocenters. The zero-order valence-electron chi connectivity index (χ0n) is 11.8. The molecule has 1 aromatic heterocycles. The lowest BCUT2D eigenvalue weighted by atomic mass is 10.1. The van der Waals surface area contributed by atoms with E-state index in [1.807, 2.05) is 0 Å². The number of hydrogen-bond donors (Lipinski definition) is 2. The second-order valence-electron chi connectivity index (χ2n) is 4.59. The van der Waals surface area contributed by atoms with Gasteiger partial charge in [0.2, 0.25) is 10.0 Å². The number of amides is 1. The molecule has 0 bridgehead atoms. The van der Waals surface area contributed by atoms with Crippen LogP contribution in [0.25, 0.3) is 0 Å². The highest BCUT2D eigenvalue weighted by molar-refractivity contribution is 7.89. The summed E-state index contributed by atoms with van der Waals surface area (Å²) in [7, 11) is -3.73. The molecular weight excluding hydrogens is 326 g/mol. The lowest BCUT2D eigenvalue weighted by molar-refractivity contribution is -0.402. The first-order chi connectivity index (χ1) is 10.8. The molecule has 3 N–H and O–H groups in total. The molecule has 0 saturated heterocycles. The topological polar surface area (TPSA) is 146 Å². The van der Waals surface area contributed by atoms with Crippen molar-refractivity contribution >= 4 is 21.8 Å². The molecule has 2 aromatic rings. The van der Waals surface area contributed by atoms with Crippen LogP contribution in [0.15, 0.2) is 45.7 Å². The Morgan fingerprint density at radius 3 is 2.39 bits per heavy atom. The number of rotatable bonds is 6. The fourth-order valence-electron chi connectivity index (χ4n) is 1.80. The SMILES string of the molecule is NS(=O)(=O)c1ccc(CCNC(=O)c2ccc([N+](=O)[O-])o2)cc1. The van der Waals surface area contributed by atoms with Gasteiger partial charge >= 0.3 is 5.88 Å². The second-order valence-corrected chi connectivity index (χ2v) is 6.15. The molecule has 23 heavy (non-hydrogen) atoms. The van der Waals surface area contributed by atoms with Crippen LogP contribution in [-0.2, 0) is 16.4 Å². The first-order valence-electron chi connectivity index (χ1n) is 6.41. The summed E-state index contributed by atoms with van der Waals surface area (Å²) in [6.07, 6.45) is 0.444. The van der Waals surface area contributed by atoms with Gasteiger partial charge in [0.05, 0.1) is 11.0 Å². The Morgan fingerprint density at radius 2 is 1.87 bits per heavy atom. The summed E-state index contributed by atoms with van der Waals surface area (Å²) in [6, 6.07) is 8.24. The van der Waals surface area contributed by atoms with Crippen LogP contribution in [-0.4, -0.2) is 25.8 Å². The number of furan rings is 1. The average molecular weight is 339 g/mol. The molecule has 0 radical (unpaired) electrons. The third kappa shape index (κ3) is 4.37. The van der Waals surface area contributed by atoms with Crippen molar-refractivity contribution in [1.29, 1.82) is 0 Å². The first-order valence-corrected chi connectivity index (χ1v) is 7.96. The van der Waals surface area contributed by atoms with Crippen LogP contribution in [0.1, 0.15) is 16.1 Å². The summed E-state index contributed by atoms with van der Waals surface area (Å²) >= 11 is 0. The standard InChI is InChI=1S/C13H13N3O6S/c14-23(20,21)10-3-1-9(2-4-10)7-8-15-13(17)11-5-6-12(22-11)16(18)19/h1-6H,7-8H2,(H,15,17)(H2,14,20,21). The number of benzene rings is 1. The van der Waals surface area contributed by atoms with Gasteiger partial charge in [0.1, 0.15) is 4.92 Å². The van der Waals surface area contributed by atoms with Crippen LogP contribution < -0.4 is 10.5 Å². The van der Waals surface area contributed by atoms with E-state index in [-0.39, 0.29) is 17.2 Å². The first kappa shape index (κ1) is 16.6. The van der Waals surface area contributed by atoms with Gasteiger partial charge in [-0.1, -0.05) is 12.1 Å². The van der Waals surface area contributed by atoms with Crippen LogP contribution in [0, 0.1) is 10.1 Å². The molecule has 1 aromatic carbocycles. The molecule has 9 nitrogen and oxygen atoms in total. The highest BCUT2D eigenvalue weighted by Gasteiger charge is 2.16. The maximum absolute atomic E-state index is 11.7. The predicted octanol–water partition coefficient (Wildman–Crippen LogP) is 0.808. The molecule has 10 heteroatoms. The Hall–Kier alpha value is -2.72. The van der Waals surface area contributed by atoms with E-state index < -0.39 is 26.7 Å². The van der Waals surface area contributed by atoms with E-state index in [1.54, 1.807) is 12.1 Å². The zero-order valence-corrected chi connectivity index (χ0v) is 12.6. The van der Waals surface area contributed by atoms with Crippen molar-refractivity contribution in [2.45, 2.75) is 11.3 Å². The minimum absolute atomic E-state index is 0.00757. The summed E-state index contributed by atoms with van der Waals surface area (Å²) in [5.74, 6) is -1.23. The van der Waals surface area contributed by atoms with Gasteiger partial charge in [-0.05, 0) is 30.2 Å². The van der Waals surface area contributed by atoms with Gasteiger partial charge in [-0.15, -0.1) is 0 Å². The molecule has 0 aliphatic carbocycles. The van der Waals surface area contributed by atoms with Crippen molar-refractivity contribution in [3.8, 4) is 0 Å². The summed E-state index contributed by atoms with van der Waals surface area (Å²) in [6.45, 7) is 0.252. The average Bonchev–Trinajstić information content (AvgIpc) is 2.97. The molecule has 0 saturated carbocycles. The summed E-state index contributed by atoms with van der Waals surface area (Å²) in [5.41, 5.74) is 0.795. The summed E-state index contributed by atoms with van der Waals surface area (Å²) in [5, 5.41) is 18.0. The molecule has 122 valence electrons. The van der Waals surface area contributed by atoms with E-state index in [2.05, 4.69) is 5.32 Å². The zero-order chi connectivity index (χ0) is 17.0. The van der Waals surface area contributed by atoms with Crippen molar-refractivity contribution < 1.29 is 22.6 Å². The molecule has 0 spiro atoms. The molecule has 0 aliphatic rings. The minimum atomic E-state index is -3.73. The number of carbonyl (C=O) groups excluding carboxylic acids is 1. The van der Waals surface area contributed by atoms with Crippen LogP contribution in [0.2, 0.25) is 0 Å². The highest BCUT2D eigenvalue weighted by atomic mass is 32.2. The van der Waals surface area contributed by atoms with E-state index in [1.165, 1.54) is 18.2 Å². The van der Waals surface area contributed by atoms with Crippen LogP contribution in [0.4, 0.5) is 5.88 Å². The Labute approximate surface area is 131 Å². The number of carbonyl (C=O) groups is 1. The third-order valence-corrected chi connectivity index (χ3v) is 3.88. The van der Waals surface area contributed by atoms with E-state index in [9.17, 15) is 23.3 Å². The molecule has 0 aliphatic heterocycles. The van der Waals surface area contributed by atoms with Gasteiger partial charge in [0.25, 0.3) is 5.91 Å². The Morgan fingerprint density at radius 1 is 1.22 bits per heavy atom. The van der Waals surface area contributed by atoms with Crippen molar-refractivity contribution in [3.05, 3.63) is 57.8 Å². The third-order valence-electron chi connectivity index (χ3n) is 2.95. The smallest absolute Gasteiger partial charge is 0.395 e. The van der Waals surface area contributed by atoms with Gasteiger partial charge < -0.3 is 9.73 Å². The van der Waals surface area contributed by atoms with E-state index >= 15 is 0 Å². The Balaban J connectivity index is 1.89. The second kappa shape index (κ2) is 6.58. The van der Waals surface area contributed by atoms with Crippen LogP contribution in [0.3, 0.4) is 0 Å². The fraction of sp³-hybridized carbons (Fsp3) is 0.154. The van der Waals surface area contributed by atoms with Gasteiger partial charge in [-0.2, -0.15) is 0 Å². The Kier molecular flexibility index (Phi) is 4.77. The Bertz CT molecular complexity index is 826. The molecular formula is C13H13N3O6S. The van der Waals surface area contributed by atoms with Gasteiger partial charge in [-0.3, -0.25) is 14.9 Å². The number of primary sulfonamides is 1. The van der Waals surface area contributed by atoms with Gasteiger partial charge in [-0.25, -0.2) is 13.6 Å². The fourth-order valence-corrected chi connectivity index (χ4v) is 2.32. The van der Waals surface area contributed by atoms with Gasteiger partial charge in [0, 0.05) is 6.54 Å². The predicted molar refractivity (Wildman–Crippen MR) is 79.2 cm³/mol. The molecule has 0 atom stereocenters. The number of nitrogens with zero attached hydrogens (tertiary/aromatic N) is 1. The van der Waals surface area contributed by atoms with Crippen LogP contribution in [0.5, 0.6) is 0 Å². The van der Waals surface area contributed by atoms with Gasteiger partial charge in [0.15, 0.2) is 5.76 Å². The number of nitrogens with two attached hydrogens (primary N) is 1. The molecule has 2 rings (SSSR count). The van der Waals surface area contributed by atoms with E-state index in [0.29, 0.717) is 6.42 Å². The van der Waals surface area contributed by atoms with Crippen molar-refractivity contribution in [2.75, 3.05) is 6.54 Å². The summed E-state index contributed by atoms with van der Waals surface area (Å²) in [4.78, 5) is 21.5. The quantitative estimate of drug-likeness (QED) is 0.588. The maximum Gasteiger partial charge on any atom is 0.433 e. The maximum atomic E-state index is 11.7. The van der Waals surface area contributed by atoms with Crippen molar-refractivity contribution in [2.24, 2.45) is 5.14 Å². The largest absolute Gasteiger partial charge is 0.433 e. The van der Waals surface area contributed by atoms with Crippen LogP contribution >= 0.6 is 0 Å². The lowest BCUT2D eigenvalue weighted by Gasteiger charge is -2.04. The van der Waals surface area contributed by atoms with Crippen molar-refractivity contribution in [3.63, 3.8) is 0 Å². The number of sulfonamides is 1. The lowest BCUT2D eigenvalue weighted by Crippen LogP contribution is -2.25. The number of nitrogens with one attached hydrogen (secondary N) is 1. The van der Waals surface area contributed by atoms with E-state index in [4.69, 9.17) is 9.56 Å². The normalized spacial score (nSPS) is 11.2.